The summed E-state index contributed by atoms with van der Waals surface area (Å²) < 4.78 is 35.6. The van der Waals surface area contributed by atoms with Crippen LogP contribution in [0, 0.1) is 11.8 Å². The molecule has 0 aromatic heterocycles. The Morgan fingerprint density at radius 3 is 2.04 bits per heavy atom. The molecule has 2 aromatic carbocycles. The number of sulfone groups is 1. The number of carbonyl (C=O) groups is 1. The van der Waals surface area contributed by atoms with E-state index in [0.29, 0.717) is 5.75 Å². The highest BCUT2D eigenvalue weighted by molar-refractivity contribution is 7.93. The van der Waals surface area contributed by atoms with E-state index in [1.165, 1.54) is 19.2 Å². The van der Waals surface area contributed by atoms with Crippen LogP contribution in [0.2, 0.25) is 0 Å². The topological polar surface area (TPSA) is 116 Å². The van der Waals surface area contributed by atoms with Gasteiger partial charge in [0.15, 0.2) is 0 Å². The third kappa shape index (κ3) is 4.34. The van der Waals surface area contributed by atoms with Gasteiger partial charge in [-0.1, -0.05) is 36.1 Å². The highest BCUT2D eigenvalue weighted by atomic mass is 32.2. The Hall–Kier alpha value is -2.86. The van der Waals surface area contributed by atoms with Crippen molar-refractivity contribution in [1.82, 2.24) is 0 Å². The summed E-state index contributed by atoms with van der Waals surface area (Å²) in [6.07, 6.45) is -0.561. The van der Waals surface area contributed by atoms with Crippen molar-refractivity contribution in [3.05, 3.63) is 48.5 Å². The number of carboxylic acid groups (broad SMARTS) is 1. The fraction of sp³-hybridized carbons (Fsp3) is 0.250. The molecule has 0 aliphatic heterocycles. The summed E-state index contributed by atoms with van der Waals surface area (Å²) in [7, 11) is -1.40. The molecule has 0 heterocycles. The predicted octanol–water partition coefficient (Wildman–Crippen LogP) is 1.92. The number of rotatable bonds is 7. The first-order chi connectivity index (χ1) is 13.3. The molecule has 2 aromatic rings. The minimum atomic E-state index is -4.38. The van der Waals surface area contributed by atoms with E-state index in [0.717, 1.165) is 11.1 Å². The molecule has 1 unspecified atom stereocenters. The van der Waals surface area contributed by atoms with Gasteiger partial charge in [-0.15, -0.1) is 0 Å². The Bertz CT molecular complexity index is 988. The maximum absolute atomic E-state index is 12.9. The van der Waals surface area contributed by atoms with Gasteiger partial charge < -0.3 is 20.3 Å². The van der Waals surface area contributed by atoms with Gasteiger partial charge in [0.2, 0.25) is 14.7 Å². The Morgan fingerprint density at radius 2 is 1.57 bits per heavy atom. The molecule has 0 aliphatic rings. The molecule has 0 amide bonds. The molecule has 8 heteroatoms. The molecule has 148 valence electrons. The third-order valence-corrected chi connectivity index (χ3v) is 6.29. The molecule has 3 N–H and O–H groups in total. The van der Waals surface area contributed by atoms with Crippen LogP contribution < -0.4 is 10.5 Å². The van der Waals surface area contributed by atoms with Crippen LogP contribution >= 0.6 is 0 Å². The lowest BCUT2D eigenvalue weighted by Gasteiger charge is -2.22. The average Bonchev–Trinajstić information content (AvgIpc) is 2.71. The molecule has 28 heavy (non-hydrogen) atoms. The van der Waals surface area contributed by atoms with Crippen LogP contribution in [0.1, 0.15) is 6.42 Å². The van der Waals surface area contributed by atoms with Crippen molar-refractivity contribution in [2.75, 3.05) is 20.8 Å². The van der Waals surface area contributed by atoms with Crippen LogP contribution in [-0.4, -0.2) is 45.2 Å². The molecule has 0 radical (unpaired) electrons. The van der Waals surface area contributed by atoms with E-state index in [1.807, 2.05) is 12.1 Å². The van der Waals surface area contributed by atoms with Crippen molar-refractivity contribution >= 4 is 15.8 Å². The van der Waals surface area contributed by atoms with Gasteiger partial charge in [-0.25, -0.2) is 13.2 Å². The SMILES string of the molecule is COCC#CCC(N)(C(=O)O)S(=O)(=O)c1ccc(-c2ccc(OC)cc2)cc1. The van der Waals surface area contributed by atoms with Crippen molar-refractivity contribution < 1.29 is 27.8 Å². The largest absolute Gasteiger partial charge is 0.497 e. The number of hydrogen-bond acceptors (Lipinski definition) is 6. The third-order valence-electron chi connectivity index (χ3n) is 4.12. The molecule has 1 atom stereocenters. The van der Waals surface area contributed by atoms with Gasteiger partial charge in [-0.3, -0.25) is 0 Å². The number of nitrogens with two attached hydrogens (primary N) is 1. The molecule has 7 nitrogen and oxygen atoms in total. The van der Waals surface area contributed by atoms with Gasteiger partial charge in [-0.2, -0.15) is 0 Å². The predicted molar refractivity (Wildman–Crippen MR) is 104 cm³/mol. The normalized spacial score (nSPS) is 13.1. The molecular weight excluding hydrogens is 382 g/mol. The number of aliphatic carboxylic acids is 1. The van der Waals surface area contributed by atoms with E-state index < -0.39 is 27.1 Å². The van der Waals surface area contributed by atoms with Crippen molar-refractivity contribution in [1.29, 1.82) is 0 Å². The molecular formula is C20H21NO6S. The summed E-state index contributed by atoms with van der Waals surface area (Å²) in [5.74, 6) is 4.01. The number of carboxylic acids is 1. The Labute approximate surface area is 164 Å². The first-order valence-electron chi connectivity index (χ1n) is 8.22. The lowest BCUT2D eigenvalue weighted by atomic mass is 10.1. The minimum Gasteiger partial charge on any atom is -0.497 e. The van der Waals surface area contributed by atoms with Gasteiger partial charge in [0, 0.05) is 7.11 Å². The van der Waals surface area contributed by atoms with Crippen molar-refractivity contribution in [3.63, 3.8) is 0 Å². The van der Waals surface area contributed by atoms with Crippen molar-refractivity contribution in [3.8, 4) is 28.7 Å². The second-order valence-corrected chi connectivity index (χ2v) is 8.12. The van der Waals surface area contributed by atoms with Crippen molar-refractivity contribution in [2.24, 2.45) is 5.73 Å². The highest BCUT2D eigenvalue weighted by Crippen LogP contribution is 2.28. The van der Waals surface area contributed by atoms with Crippen LogP contribution in [-0.2, 0) is 19.4 Å². The second kappa shape index (κ2) is 8.89. The van der Waals surface area contributed by atoms with Crippen molar-refractivity contribution in [2.45, 2.75) is 16.2 Å². The quantitative estimate of drug-likeness (QED) is 0.679. The molecule has 0 spiro atoms. The zero-order chi connectivity index (χ0) is 20.8. The molecule has 2 rings (SSSR count). The zero-order valence-corrected chi connectivity index (χ0v) is 16.3. The molecule has 0 bridgehead atoms. The van der Waals surface area contributed by atoms with Gasteiger partial charge >= 0.3 is 5.97 Å². The Kier molecular flexibility index (Phi) is 6.80. The number of hydrogen-bond donors (Lipinski definition) is 2. The summed E-state index contributed by atoms with van der Waals surface area (Å²) in [6, 6.07) is 13.1. The molecule has 0 saturated carbocycles. The summed E-state index contributed by atoms with van der Waals surface area (Å²) in [5.41, 5.74) is 7.39. The molecule has 0 aliphatic carbocycles. The average molecular weight is 403 g/mol. The van der Waals surface area contributed by atoms with Gasteiger partial charge in [0.1, 0.15) is 12.4 Å². The lowest BCUT2D eigenvalue weighted by molar-refractivity contribution is -0.139. The number of methoxy groups -OCH3 is 2. The van der Waals surface area contributed by atoms with Crippen LogP contribution in [0.5, 0.6) is 5.75 Å². The van der Waals surface area contributed by atoms with Gasteiger partial charge in [0.05, 0.1) is 18.4 Å². The fourth-order valence-electron chi connectivity index (χ4n) is 2.42. The molecule has 0 fully saturated rings. The first-order valence-corrected chi connectivity index (χ1v) is 9.70. The standard InChI is InChI=1S/C20H21NO6S/c1-26-14-4-3-13-20(21,19(22)23)28(24,25)18-11-7-16(8-12-18)15-5-9-17(27-2)10-6-15/h5-12H,13-14,21H2,1-2H3,(H,22,23). The summed E-state index contributed by atoms with van der Waals surface area (Å²) in [5, 5.41) is 9.45. The van der Waals surface area contributed by atoms with Crippen LogP contribution in [0.4, 0.5) is 0 Å². The van der Waals surface area contributed by atoms with Gasteiger partial charge in [-0.05, 0) is 35.4 Å². The van der Waals surface area contributed by atoms with E-state index in [1.54, 1.807) is 31.4 Å². The van der Waals surface area contributed by atoms with E-state index in [2.05, 4.69) is 11.8 Å². The van der Waals surface area contributed by atoms with E-state index >= 15 is 0 Å². The number of benzene rings is 2. The van der Waals surface area contributed by atoms with Crippen LogP contribution in [0.15, 0.2) is 53.4 Å². The highest BCUT2D eigenvalue weighted by Gasteiger charge is 2.48. The maximum atomic E-state index is 12.9. The Balaban J connectivity index is 2.35. The monoisotopic (exact) mass is 403 g/mol. The summed E-state index contributed by atoms with van der Waals surface area (Å²) in [6.45, 7) is 0.0479. The maximum Gasteiger partial charge on any atom is 0.340 e. The van der Waals surface area contributed by atoms with Gasteiger partial charge in [0.25, 0.3) is 0 Å². The van der Waals surface area contributed by atoms with E-state index in [-0.39, 0.29) is 11.5 Å². The summed E-state index contributed by atoms with van der Waals surface area (Å²) in [4.78, 5) is 8.89. The van der Waals surface area contributed by atoms with Crippen LogP contribution in [0.3, 0.4) is 0 Å². The first kappa shape index (κ1) is 21.4. The van der Waals surface area contributed by atoms with E-state index in [9.17, 15) is 18.3 Å². The minimum absolute atomic E-state index is 0.0479. The second-order valence-electron chi connectivity index (χ2n) is 5.91. The smallest absolute Gasteiger partial charge is 0.340 e. The zero-order valence-electron chi connectivity index (χ0n) is 15.5. The fourth-order valence-corrected chi connectivity index (χ4v) is 3.83. The van der Waals surface area contributed by atoms with E-state index in [4.69, 9.17) is 15.2 Å². The lowest BCUT2D eigenvalue weighted by Crippen LogP contribution is -2.54. The van der Waals surface area contributed by atoms with Crippen LogP contribution in [0.25, 0.3) is 11.1 Å². The Morgan fingerprint density at radius 1 is 1.04 bits per heavy atom. The summed E-state index contributed by atoms with van der Waals surface area (Å²) >= 11 is 0. The molecule has 0 saturated heterocycles. The number of ether oxygens (including phenoxy) is 2.